The number of hydrogen-bond acceptors (Lipinski definition) is 4. The molecule has 4 nitrogen and oxygen atoms in total. The summed E-state index contributed by atoms with van der Waals surface area (Å²) in [7, 11) is 0. The third kappa shape index (κ3) is 3.88. The van der Waals surface area contributed by atoms with E-state index in [2.05, 4.69) is 27.5 Å². The normalized spacial score (nSPS) is 16.8. The Balaban J connectivity index is 1.90. The molecule has 0 amide bonds. The number of rotatable bonds is 5. The van der Waals surface area contributed by atoms with E-state index in [0.717, 1.165) is 24.7 Å². The maximum Gasteiger partial charge on any atom is 0.224 e. The Morgan fingerprint density at radius 3 is 2.88 bits per heavy atom. The van der Waals surface area contributed by atoms with Crippen molar-refractivity contribution in [2.45, 2.75) is 51.5 Å². The maximum atomic E-state index is 4.47. The van der Waals surface area contributed by atoms with Gasteiger partial charge in [0.1, 0.15) is 5.82 Å². The van der Waals surface area contributed by atoms with E-state index in [0.29, 0.717) is 6.04 Å². The average Bonchev–Trinajstić information content (AvgIpc) is 2.38. The van der Waals surface area contributed by atoms with E-state index < -0.39 is 0 Å². The van der Waals surface area contributed by atoms with Crippen LogP contribution in [-0.2, 0) is 0 Å². The second-order valence-corrected chi connectivity index (χ2v) is 4.67. The smallest absolute Gasteiger partial charge is 0.224 e. The molecule has 1 aliphatic carbocycles. The summed E-state index contributed by atoms with van der Waals surface area (Å²) in [6.07, 6.45) is 9.49. The summed E-state index contributed by atoms with van der Waals surface area (Å²) in [4.78, 5) is 8.68. The molecule has 0 bridgehead atoms. The van der Waals surface area contributed by atoms with Crippen molar-refractivity contribution in [2.24, 2.45) is 0 Å². The van der Waals surface area contributed by atoms with Crippen LogP contribution < -0.4 is 10.6 Å². The zero-order valence-corrected chi connectivity index (χ0v) is 10.6. The van der Waals surface area contributed by atoms with Crippen molar-refractivity contribution in [2.75, 3.05) is 17.2 Å². The Hall–Kier alpha value is -1.32. The number of nitrogens with zero attached hydrogens (tertiary/aromatic N) is 2. The van der Waals surface area contributed by atoms with Gasteiger partial charge >= 0.3 is 0 Å². The molecule has 1 fully saturated rings. The van der Waals surface area contributed by atoms with Gasteiger partial charge in [-0.05, 0) is 25.3 Å². The zero-order valence-electron chi connectivity index (χ0n) is 10.6. The van der Waals surface area contributed by atoms with Gasteiger partial charge in [0.25, 0.3) is 0 Å². The number of anilines is 2. The van der Waals surface area contributed by atoms with E-state index >= 15 is 0 Å². The van der Waals surface area contributed by atoms with Gasteiger partial charge in [0.2, 0.25) is 5.95 Å². The van der Waals surface area contributed by atoms with Gasteiger partial charge < -0.3 is 10.6 Å². The van der Waals surface area contributed by atoms with Crippen LogP contribution in [0.4, 0.5) is 11.8 Å². The van der Waals surface area contributed by atoms with Crippen molar-refractivity contribution in [1.29, 1.82) is 0 Å². The van der Waals surface area contributed by atoms with Gasteiger partial charge in [-0.15, -0.1) is 0 Å². The minimum atomic E-state index is 0.595. The average molecular weight is 234 g/mol. The summed E-state index contributed by atoms with van der Waals surface area (Å²) in [5.41, 5.74) is 0. The van der Waals surface area contributed by atoms with Crippen LogP contribution in [0.3, 0.4) is 0 Å². The Kier molecular flexibility index (Phi) is 4.59. The quantitative estimate of drug-likeness (QED) is 0.822. The van der Waals surface area contributed by atoms with Crippen molar-refractivity contribution in [3.8, 4) is 0 Å². The van der Waals surface area contributed by atoms with Crippen LogP contribution in [0.15, 0.2) is 12.3 Å². The second kappa shape index (κ2) is 6.42. The number of aromatic nitrogens is 2. The van der Waals surface area contributed by atoms with E-state index in [1.54, 1.807) is 0 Å². The molecule has 0 atom stereocenters. The van der Waals surface area contributed by atoms with Crippen molar-refractivity contribution in [3.05, 3.63) is 12.3 Å². The Morgan fingerprint density at radius 1 is 1.29 bits per heavy atom. The van der Waals surface area contributed by atoms with Crippen LogP contribution >= 0.6 is 0 Å². The molecule has 2 N–H and O–H groups in total. The van der Waals surface area contributed by atoms with Crippen LogP contribution in [0.2, 0.25) is 0 Å². The molecular weight excluding hydrogens is 212 g/mol. The van der Waals surface area contributed by atoms with E-state index in [1.165, 1.54) is 32.1 Å². The fourth-order valence-electron chi connectivity index (χ4n) is 2.22. The Bertz CT molecular complexity index is 334. The third-order valence-corrected chi connectivity index (χ3v) is 3.15. The van der Waals surface area contributed by atoms with E-state index in [9.17, 15) is 0 Å². The lowest BCUT2D eigenvalue weighted by Gasteiger charge is -2.23. The molecular formula is C13H22N4. The summed E-state index contributed by atoms with van der Waals surface area (Å²) in [5.74, 6) is 1.68. The van der Waals surface area contributed by atoms with E-state index in [-0.39, 0.29) is 0 Å². The highest BCUT2D eigenvalue weighted by Crippen LogP contribution is 2.20. The first-order valence-electron chi connectivity index (χ1n) is 6.72. The van der Waals surface area contributed by atoms with Crippen LogP contribution in [-0.4, -0.2) is 22.6 Å². The van der Waals surface area contributed by atoms with Crippen LogP contribution in [0.5, 0.6) is 0 Å². The lowest BCUT2D eigenvalue weighted by Crippen LogP contribution is -2.23. The van der Waals surface area contributed by atoms with E-state index in [4.69, 9.17) is 0 Å². The van der Waals surface area contributed by atoms with Crippen LogP contribution in [0.1, 0.15) is 45.4 Å². The molecule has 0 aromatic carbocycles. The topological polar surface area (TPSA) is 49.8 Å². The molecule has 0 radical (unpaired) electrons. The van der Waals surface area contributed by atoms with Crippen molar-refractivity contribution >= 4 is 11.8 Å². The van der Waals surface area contributed by atoms with Gasteiger partial charge in [0.15, 0.2) is 0 Å². The number of nitrogens with one attached hydrogen (secondary N) is 2. The SMILES string of the molecule is CCCNc1nccc(NC2CCCCC2)n1. The minimum absolute atomic E-state index is 0.595. The van der Waals surface area contributed by atoms with Gasteiger partial charge in [-0.1, -0.05) is 26.2 Å². The summed E-state index contributed by atoms with van der Waals surface area (Å²) in [6, 6.07) is 2.55. The zero-order chi connectivity index (χ0) is 11.9. The van der Waals surface area contributed by atoms with Crippen molar-refractivity contribution in [3.63, 3.8) is 0 Å². The van der Waals surface area contributed by atoms with Gasteiger partial charge in [0, 0.05) is 18.8 Å². The molecule has 1 aromatic rings. The third-order valence-electron chi connectivity index (χ3n) is 3.15. The maximum absolute atomic E-state index is 4.47. The highest BCUT2D eigenvalue weighted by Gasteiger charge is 2.13. The second-order valence-electron chi connectivity index (χ2n) is 4.67. The summed E-state index contributed by atoms with van der Waals surface area (Å²) in [6.45, 7) is 3.06. The Morgan fingerprint density at radius 2 is 2.12 bits per heavy atom. The molecule has 1 aromatic heterocycles. The van der Waals surface area contributed by atoms with Gasteiger partial charge in [-0.25, -0.2) is 4.98 Å². The van der Waals surface area contributed by atoms with Crippen LogP contribution in [0, 0.1) is 0 Å². The highest BCUT2D eigenvalue weighted by molar-refractivity contribution is 5.40. The molecule has 94 valence electrons. The lowest BCUT2D eigenvalue weighted by molar-refractivity contribution is 0.462. The first-order valence-corrected chi connectivity index (χ1v) is 6.72. The predicted molar refractivity (Wildman–Crippen MR) is 71.3 cm³/mol. The highest BCUT2D eigenvalue weighted by atomic mass is 15.1. The van der Waals surface area contributed by atoms with Crippen molar-refractivity contribution in [1.82, 2.24) is 9.97 Å². The lowest BCUT2D eigenvalue weighted by atomic mass is 9.95. The van der Waals surface area contributed by atoms with Crippen molar-refractivity contribution < 1.29 is 0 Å². The van der Waals surface area contributed by atoms with Gasteiger partial charge in [0.05, 0.1) is 0 Å². The van der Waals surface area contributed by atoms with Gasteiger partial charge in [-0.3, -0.25) is 0 Å². The fraction of sp³-hybridized carbons (Fsp3) is 0.692. The fourth-order valence-corrected chi connectivity index (χ4v) is 2.22. The first-order chi connectivity index (χ1) is 8.38. The van der Waals surface area contributed by atoms with Crippen LogP contribution in [0.25, 0.3) is 0 Å². The molecule has 17 heavy (non-hydrogen) atoms. The summed E-state index contributed by atoms with van der Waals surface area (Å²) in [5, 5.41) is 6.72. The standard InChI is InChI=1S/C13H22N4/c1-2-9-14-13-15-10-8-12(17-13)16-11-6-4-3-5-7-11/h8,10-11H,2-7,9H2,1H3,(H2,14,15,16,17). The first kappa shape index (κ1) is 12.1. The molecule has 0 aliphatic heterocycles. The Labute approximate surface area is 103 Å². The molecule has 1 saturated carbocycles. The molecule has 4 heteroatoms. The summed E-state index contributed by atoms with van der Waals surface area (Å²) < 4.78 is 0. The minimum Gasteiger partial charge on any atom is -0.367 e. The monoisotopic (exact) mass is 234 g/mol. The molecule has 0 spiro atoms. The summed E-state index contributed by atoms with van der Waals surface area (Å²) >= 11 is 0. The molecule has 1 heterocycles. The number of hydrogen-bond donors (Lipinski definition) is 2. The largest absolute Gasteiger partial charge is 0.367 e. The van der Waals surface area contributed by atoms with Gasteiger partial charge in [-0.2, -0.15) is 4.98 Å². The molecule has 0 unspecified atom stereocenters. The van der Waals surface area contributed by atoms with E-state index in [1.807, 2.05) is 12.3 Å². The molecule has 1 aliphatic rings. The predicted octanol–water partition coefficient (Wildman–Crippen LogP) is 3.04. The molecule has 0 saturated heterocycles. The molecule has 2 rings (SSSR count).